The van der Waals surface area contributed by atoms with Crippen molar-refractivity contribution in [3.63, 3.8) is 0 Å². The predicted octanol–water partition coefficient (Wildman–Crippen LogP) is 5.33. The number of carbonyl (C=O) groups is 1. The first-order chi connectivity index (χ1) is 11.7. The summed E-state index contributed by atoms with van der Waals surface area (Å²) in [5.74, 6) is 0.146. The van der Waals surface area contributed by atoms with E-state index in [4.69, 9.17) is 0 Å². The number of rotatable bonds is 1. The van der Waals surface area contributed by atoms with Crippen molar-refractivity contribution in [2.75, 3.05) is 0 Å². The highest BCUT2D eigenvalue weighted by Crippen LogP contribution is 2.41. The molecule has 3 aromatic carbocycles. The second-order valence-corrected chi connectivity index (χ2v) is 6.55. The molecule has 0 fully saturated rings. The van der Waals surface area contributed by atoms with Crippen LogP contribution in [0.2, 0.25) is 0 Å². The van der Waals surface area contributed by atoms with E-state index in [-0.39, 0.29) is 5.78 Å². The van der Waals surface area contributed by atoms with Gasteiger partial charge in [0.05, 0.1) is 0 Å². The van der Waals surface area contributed by atoms with Crippen LogP contribution in [0.5, 0.6) is 0 Å². The molecule has 1 heterocycles. The van der Waals surface area contributed by atoms with Crippen LogP contribution in [-0.4, -0.2) is 10.4 Å². The van der Waals surface area contributed by atoms with Crippen LogP contribution >= 0.6 is 0 Å². The third kappa shape index (κ3) is 1.58. The largest absolute Gasteiger partial charge is 0.341 e. The quantitative estimate of drug-likeness (QED) is 0.410. The maximum Gasteiger partial charge on any atom is 0.194 e. The van der Waals surface area contributed by atoms with Gasteiger partial charge in [0.25, 0.3) is 0 Å². The average Bonchev–Trinajstić information content (AvgIpc) is 3.06. The molecule has 0 aliphatic heterocycles. The van der Waals surface area contributed by atoms with E-state index in [1.807, 2.05) is 24.3 Å². The fourth-order valence-electron chi connectivity index (χ4n) is 4.07. The number of benzene rings is 3. The molecule has 0 saturated carbocycles. The van der Waals surface area contributed by atoms with Gasteiger partial charge >= 0.3 is 0 Å². The number of fused-ring (bicyclic) bond motifs is 6. The summed E-state index contributed by atoms with van der Waals surface area (Å²) in [6.45, 7) is 5.20. The molecule has 0 saturated heterocycles. The Balaban J connectivity index is 1.96. The molecule has 1 aliphatic carbocycles. The summed E-state index contributed by atoms with van der Waals surface area (Å²) < 4.78 is 2.34. The Labute approximate surface area is 140 Å². The van der Waals surface area contributed by atoms with Gasteiger partial charge in [-0.1, -0.05) is 35.9 Å². The van der Waals surface area contributed by atoms with Crippen molar-refractivity contribution in [2.24, 2.45) is 0 Å². The summed E-state index contributed by atoms with van der Waals surface area (Å²) in [5.41, 5.74) is 7.47. The van der Waals surface area contributed by atoms with Crippen molar-refractivity contribution in [3.05, 3.63) is 71.3 Å². The zero-order chi connectivity index (χ0) is 16.4. The third-order valence-electron chi connectivity index (χ3n) is 5.18. The van der Waals surface area contributed by atoms with Crippen molar-refractivity contribution in [3.8, 4) is 11.1 Å². The van der Waals surface area contributed by atoms with E-state index >= 15 is 0 Å². The fourth-order valence-corrected chi connectivity index (χ4v) is 4.07. The van der Waals surface area contributed by atoms with Gasteiger partial charge in [-0.2, -0.15) is 0 Å². The molecule has 0 radical (unpaired) electrons. The van der Waals surface area contributed by atoms with Crippen LogP contribution in [0, 0.1) is 6.92 Å². The lowest BCUT2D eigenvalue weighted by atomic mass is 10.0. The first-order valence-electron chi connectivity index (χ1n) is 8.39. The molecule has 2 nitrogen and oxygen atoms in total. The number of hydrogen-bond donors (Lipinski definition) is 0. The molecule has 0 atom stereocenters. The summed E-state index contributed by atoms with van der Waals surface area (Å²) in [5, 5.41) is 2.41. The van der Waals surface area contributed by atoms with Gasteiger partial charge in [0.2, 0.25) is 0 Å². The number of aromatic nitrogens is 1. The normalized spacial score (nSPS) is 12.8. The molecule has 0 unspecified atom stereocenters. The molecular weight excluding hydrogens is 294 g/mol. The minimum Gasteiger partial charge on any atom is -0.341 e. The zero-order valence-corrected chi connectivity index (χ0v) is 13.8. The molecular formula is C22H17NO. The fraction of sp³-hybridized carbons (Fsp3) is 0.136. The van der Waals surface area contributed by atoms with E-state index in [1.165, 1.54) is 27.4 Å². The van der Waals surface area contributed by atoms with Crippen molar-refractivity contribution < 1.29 is 4.79 Å². The summed E-state index contributed by atoms with van der Waals surface area (Å²) >= 11 is 0. The first kappa shape index (κ1) is 13.6. The Bertz CT molecular complexity index is 1160. The van der Waals surface area contributed by atoms with Crippen LogP contribution < -0.4 is 0 Å². The molecule has 116 valence electrons. The van der Waals surface area contributed by atoms with Crippen molar-refractivity contribution >= 4 is 27.6 Å². The maximum absolute atomic E-state index is 12.8. The number of nitrogens with zero attached hydrogens (tertiary/aromatic N) is 1. The van der Waals surface area contributed by atoms with Crippen LogP contribution in [0.15, 0.2) is 54.6 Å². The highest BCUT2D eigenvalue weighted by Gasteiger charge is 2.27. The molecule has 5 rings (SSSR count). The maximum atomic E-state index is 12.8. The lowest BCUT2D eigenvalue weighted by Gasteiger charge is -2.05. The van der Waals surface area contributed by atoms with Crippen LogP contribution in [-0.2, 0) is 6.54 Å². The minimum absolute atomic E-state index is 0.146. The lowest BCUT2D eigenvalue weighted by molar-refractivity contribution is 0.104. The van der Waals surface area contributed by atoms with Gasteiger partial charge in [0.15, 0.2) is 5.78 Å². The predicted molar refractivity (Wildman–Crippen MR) is 98.7 cm³/mol. The van der Waals surface area contributed by atoms with E-state index in [0.717, 1.165) is 28.8 Å². The van der Waals surface area contributed by atoms with E-state index in [0.29, 0.717) is 0 Å². The molecule has 1 aliphatic rings. The van der Waals surface area contributed by atoms with Crippen LogP contribution in [0.25, 0.3) is 32.9 Å². The highest BCUT2D eigenvalue weighted by atomic mass is 16.1. The zero-order valence-electron chi connectivity index (χ0n) is 13.8. The molecule has 0 N–H and O–H groups in total. The molecule has 0 bridgehead atoms. The van der Waals surface area contributed by atoms with Gasteiger partial charge < -0.3 is 4.57 Å². The molecule has 2 heteroatoms. The summed E-state index contributed by atoms with van der Waals surface area (Å²) in [6.07, 6.45) is 0. The molecule has 1 aromatic heterocycles. The number of ketones is 1. The van der Waals surface area contributed by atoms with Crippen molar-refractivity contribution in [2.45, 2.75) is 20.4 Å². The van der Waals surface area contributed by atoms with Gasteiger partial charge in [-0.25, -0.2) is 0 Å². The lowest BCUT2D eigenvalue weighted by Crippen LogP contribution is -1.95. The second-order valence-electron chi connectivity index (χ2n) is 6.55. The number of hydrogen-bond acceptors (Lipinski definition) is 1. The minimum atomic E-state index is 0.146. The van der Waals surface area contributed by atoms with Crippen LogP contribution in [0.3, 0.4) is 0 Å². The van der Waals surface area contributed by atoms with E-state index in [9.17, 15) is 4.79 Å². The Hall–Kier alpha value is -2.87. The smallest absolute Gasteiger partial charge is 0.194 e. The van der Waals surface area contributed by atoms with Gasteiger partial charge in [-0.15, -0.1) is 0 Å². The van der Waals surface area contributed by atoms with E-state index in [1.54, 1.807) is 0 Å². The van der Waals surface area contributed by atoms with Gasteiger partial charge in [-0.3, -0.25) is 4.79 Å². The highest BCUT2D eigenvalue weighted by molar-refractivity contribution is 6.24. The van der Waals surface area contributed by atoms with Crippen molar-refractivity contribution in [1.82, 2.24) is 4.57 Å². The van der Waals surface area contributed by atoms with E-state index < -0.39 is 0 Å². The topological polar surface area (TPSA) is 22.0 Å². The number of aryl methyl sites for hydroxylation is 2. The molecule has 0 spiro atoms. The van der Waals surface area contributed by atoms with E-state index in [2.05, 4.69) is 48.7 Å². The van der Waals surface area contributed by atoms with Gasteiger partial charge in [0, 0.05) is 39.5 Å². The average molecular weight is 311 g/mol. The van der Waals surface area contributed by atoms with Crippen molar-refractivity contribution in [1.29, 1.82) is 0 Å². The monoisotopic (exact) mass is 311 g/mol. The molecule has 0 amide bonds. The summed E-state index contributed by atoms with van der Waals surface area (Å²) in [6, 6.07) is 18.8. The van der Waals surface area contributed by atoms with Gasteiger partial charge in [-0.05, 0) is 49.2 Å². The Kier molecular flexibility index (Phi) is 2.58. The first-order valence-corrected chi connectivity index (χ1v) is 8.39. The molecule has 4 aromatic rings. The SMILES string of the molecule is CCn1c2ccc(C)cc2c2cc3c(cc21)-c1ccccc1C3=O. The summed E-state index contributed by atoms with van der Waals surface area (Å²) in [4.78, 5) is 12.8. The van der Waals surface area contributed by atoms with Gasteiger partial charge in [0.1, 0.15) is 0 Å². The Morgan fingerprint density at radius 2 is 1.54 bits per heavy atom. The third-order valence-corrected chi connectivity index (χ3v) is 5.18. The van der Waals surface area contributed by atoms with Crippen LogP contribution in [0.1, 0.15) is 28.4 Å². The summed E-state index contributed by atoms with van der Waals surface area (Å²) in [7, 11) is 0. The van der Waals surface area contributed by atoms with Crippen LogP contribution in [0.4, 0.5) is 0 Å². The Morgan fingerprint density at radius 1 is 0.792 bits per heavy atom. The second kappa shape index (κ2) is 4.57. The number of carbonyl (C=O) groups excluding carboxylic acids is 1. The Morgan fingerprint density at radius 3 is 2.33 bits per heavy atom. The standard InChI is InChI=1S/C22H17NO/c1-3-23-20-9-8-13(2)10-17(20)18-11-19-16(12-21(18)23)14-6-4-5-7-15(14)22(19)24/h4-12H,3H2,1-2H3. The molecule has 24 heavy (non-hydrogen) atoms.